The van der Waals surface area contributed by atoms with Crippen molar-refractivity contribution in [3.8, 4) is 0 Å². The van der Waals surface area contributed by atoms with E-state index in [0.29, 0.717) is 25.4 Å². The molecule has 0 bridgehead atoms. The second-order valence-electron chi connectivity index (χ2n) is 7.54. The van der Waals surface area contributed by atoms with Crippen LogP contribution in [0.1, 0.15) is 25.7 Å². The van der Waals surface area contributed by atoms with E-state index in [1.165, 1.54) is 11.1 Å². The predicted octanol–water partition coefficient (Wildman–Crippen LogP) is 2.10. The summed E-state index contributed by atoms with van der Waals surface area (Å²) in [4.78, 5) is 34.1. The molecule has 5 unspecified atom stereocenters. The molecular formula is C18H23ClFN5O3. The highest BCUT2D eigenvalue weighted by molar-refractivity contribution is 6.20. The topological polar surface area (TPSA) is 96.5 Å². The summed E-state index contributed by atoms with van der Waals surface area (Å²) >= 11 is 6.29. The maximum Gasteiger partial charge on any atom is 0.415 e. The van der Waals surface area contributed by atoms with E-state index >= 15 is 0 Å². The number of nitrogens with one attached hydrogen (secondary N) is 2. The normalized spacial score (nSPS) is 31.0. The minimum atomic E-state index is -0.752. The number of carbonyl (C=O) groups excluding carboxylic acids is 2. The van der Waals surface area contributed by atoms with Crippen LogP contribution in [0.15, 0.2) is 12.3 Å². The number of aromatic nitrogens is 2. The Bertz CT molecular complexity index is 754. The van der Waals surface area contributed by atoms with Gasteiger partial charge in [0, 0.05) is 17.6 Å². The van der Waals surface area contributed by atoms with E-state index in [1.54, 1.807) is 6.07 Å². The van der Waals surface area contributed by atoms with E-state index in [-0.39, 0.29) is 29.2 Å². The second-order valence-corrected chi connectivity index (χ2v) is 8.15. The number of hydrogen-bond acceptors (Lipinski definition) is 6. The molecule has 0 radical (unpaired) electrons. The maximum atomic E-state index is 13.9. The fourth-order valence-electron chi connectivity index (χ4n) is 4.31. The molecule has 10 heteroatoms. The first-order valence-corrected chi connectivity index (χ1v) is 10.0. The fourth-order valence-corrected chi connectivity index (χ4v) is 4.67. The Labute approximate surface area is 167 Å². The van der Waals surface area contributed by atoms with Crippen molar-refractivity contribution in [1.29, 1.82) is 0 Å². The molecule has 2 amide bonds. The number of hydrogen-bond donors (Lipinski definition) is 2. The number of cyclic esters (lactones) is 1. The summed E-state index contributed by atoms with van der Waals surface area (Å²) in [5.41, 5.74) is 0. The van der Waals surface area contributed by atoms with Crippen molar-refractivity contribution in [3.63, 3.8) is 0 Å². The number of alkyl halides is 2. The van der Waals surface area contributed by atoms with Crippen LogP contribution in [-0.2, 0) is 9.53 Å². The number of amides is 2. The SMILES string of the molecule is O=C1NC2CCC(Cl)CC2CC1C(CF)Nc1nccc(N2CCOC2=O)n1. The van der Waals surface area contributed by atoms with Crippen molar-refractivity contribution in [2.45, 2.75) is 43.1 Å². The monoisotopic (exact) mass is 411 g/mol. The smallest absolute Gasteiger partial charge is 0.415 e. The van der Waals surface area contributed by atoms with Gasteiger partial charge in [-0.3, -0.25) is 9.69 Å². The average molecular weight is 412 g/mol. The molecule has 3 heterocycles. The number of piperidine rings is 1. The largest absolute Gasteiger partial charge is 0.447 e. The molecule has 1 saturated carbocycles. The van der Waals surface area contributed by atoms with Crippen LogP contribution in [-0.4, -0.2) is 59.3 Å². The van der Waals surface area contributed by atoms with Crippen LogP contribution >= 0.6 is 11.6 Å². The van der Waals surface area contributed by atoms with Crippen molar-refractivity contribution in [2.24, 2.45) is 11.8 Å². The van der Waals surface area contributed by atoms with Crippen LogP contribution in [0, 0.1) is 11.8 Å². The van der Waals surface area contributed by atoms with E-state index < -0.39 is 24.7 Å². The Morgan fingerprint density at radius 3 is 3.00 bits per heavy atom. The number of carbonyl (C=O) groups is 2. The second kappa shape index (κ2) is 8.06. The molecule has 8 nitrogen and oxygen atoms in total. The Kier molecular flexibility index (Phi) is 5.52. The Balaban J connectivity index is 1.47. The zero-order chi connectivity index (χ0) is 19.7. The number of fused-ring (bicyclic) bond motifs is 1. The molecular weight excluding hydrogens is 389 g/mol. The lowest BCUT2D eigenvalue weighted by Gasteiger charge is -2.42. The number of halogens is 2. The summed E-state index contributed by atoms with van der Waals surface area (Å²) in [6, 6.07) is 0.958. The van der Waals surface area contributed by atoms with E-state index in [2.05, 4.69) is 20.6 Å². The molecule has 0 aromatic carbocycles. The summed E-state index contributed by atoms with van der Waals surface area (Å²) in [5, 5.41) is 6.09. The van der Waals surface area contributed by atoms with Gasteiger partial charge in [-0.15, -0.1) is 11.6 Å². The minimum absolute atomic E-state index is 0.105. The first kappa shape index (κ1) is 19.2. The number of anilines is 2. The van der Waals surface area contributed by atoms with Gasteiger partial charge in [0.05, 0.1) is 18.5 Å². The van der Waals surface area contributed by atoms with Gasteiger partial charge in [0.15, 0.2) is 0 Å². The van der Waals surface area contributed by atoms with Gasteiger partial charge < -0.3 is 15.4 Å². The van der Waals surface area contributed by atoms with Gasteiger partial charge in [-0.2, -0.15) is 4.98 Å². The van der Waals surface area contributed by atoms with Gasteiger partial charge in [0.2, 0.25) is 11.9 Å². The number of rotatable bonds is 5. The zero-order valence-electron chi connectivity index (χ0n) is 15.3. The summed E-state index contributed by atoms with van der Waals surface area (Å²) in [6.07, 6.45) is 4.17. The molecule has 1 aromatic rings. The van der Waals surface area contributed by atoms with Crippen molar-refractivity contribution < 1.29 is 18.7 Å². The Morgan fingerprint density at radius 1 is 1.39 bits per heavy atom. The molecule has 2 N–H and O–H groups in total. The van der Waals surface area contributed by atoms with Crippen LogP contribution in [0.3, 0.4) is 0 Å². The third kappa shape index (κ3) is 3.85. The molecule has 28 heavy (non-hydrogen) atoms. The lowest BCUT2D eigenvalue weighted by atomic mass is 9.74. The van der Waals surface area contributed by atoms with E-state index in [1.807, 2.05) is 0 Å². The van der Waals surface area contributed by atoms with Crippen LogP contribution in [0.4, 0.5) is 21.0 Å². The predicted molar refractivity (Wildman–Crippen MR) is 101 cm³/mol. The van der Waals surface area contributed by atoms with Gasteiger partial charge in [-0.1, -0.05) is 0 Å². The fraction of sp³-hybridized carbons (Fsp3) is 0.667. The van der Waals surface area contributed by atoms with Crippen molar-refractivity contribution in [3.05, 3.63) is 12.3 Å². The van der Waals surface area contributed by atoms with Gasteiger partial charge >= 0.3 is 6.09 Å². The van der Waals surface area contributed by atoms with Crippen LogP contribution in [0.25, 0.3) is 0 Å². The highest BCUT2D eigenvalue weighted by atomic mass is 35.5. The highest BCUT2D eigenvalue weighted by Gasteiger charge is 2.42. The number of nitrogens with zero attached hydrogens (tertiary/aromatic N) is 3. The summed E-state index contributed by atoms with van der Waals surface area (Å²) < 4.78 is 18.8. The molecule has 152 valence electrons. The third-order valence-corrected chi connectivity index (χ3v) is 6.18. The minimum Gasteiger partial charge on any atom is -0.447 e. The van der Waals surface area contributed by atoms with Crippen molar-refractivity contribution in [1.82, 2.24) is 15.3 Å². The molecule has 2 saturated heterocycles. The van der Waals surface area contributed by atoms with Crippen LogP contribution in [0.5, 0.6) is 0 Å². The summed E-state index contributed by atoms with van der Waals surface area (Å²) in [7, 11) is 0. The summed E-state index contributed by atoms with van der Waals surface area (Å²) in [5.74, 6) is 0.124. The first-order valence-electron chi connectivity index (χ1n) is 9.59. The van der Waals surface area contributed by atoms with Crippen LogP contribution in [0.2, 0.25) is 0 Å². The molecule has 1 aliphatic carbocycles. The van der Waals surface area contributed by atoms with Gasteiger partial charge in [0.1, 0.15) is 19.1 Å². The molecule has 3 aliphatic rings. The summed E-state index contributed by atoms with van der Waals surface area (Å²) in [6.45, 7) is -0.0420. The molecule has 4 rings (SSSR count). The highest BCUT2D eigenvalue weighted by Crippen LogP contribution is 2.37. The van der Waals surface area contributed by atoms with E-state index in [0.717, 1.165) is 19.3 Å². The quantitative estimate of drug-likeness (QED) is 0.720. The van der Waals surface area contributed by atoms with E-state index in [9.17, 15) is 14.0 Å². The zero-order valence-corrected chi connectivity index (χ0v) is 16.1. The molecule has 0 spiro atoms. The van der Waals surface area contributed by atoms with Gasteiger partial charge in [-0.25, -0.2) is 14.2 Å². The molecule has 3 fully saturated rings. The average Bonchev–Trinajstić information content (AvgIpc) is 3.12. The Hall–Kier alpha value is -2.16. The lowest BCUT2D eigenvalue weighted by Crippen LogP contribution is -2.56. The van der Waals surface area contributed by atoms with Crippen molar-refractivity contribution in [2.75, 3.05) is 30.0 Å². The Morgan fingerprint density at radius 2 is 2.25 bits per heavy atom. The molecule has 2 aliphatic heterocycles. The molecule has 5 atom stereocenters. The van der Waals surface area contributed by atoms with Crippen LogP contribution < -0.4 is 15.5 Å². The maximum absolute atomic E-state index is 13.9. The standard InChI is InChI=1S/C18H23ClFN5O3/c19-11-1-2-13-10(7-11)8-12(16(26)22-13)14(9-20)23-17-21-4-3-15(24-17)25-5-6-28-18(25)27/h3-4,10-14H,1-2,5-9H2,(H,22,26)(H,21,23,24). The lowest BCUT2D eigenvalue weighted by molar-refractivity contribution is -0.130. The van der Waals surface area contributed by atoms with Crippen molar-refractivity contribution >= 4 is 35.4 Å². The first-order chi connectivity index (χ1) is 13.5. The molecule has 1 aromatic heterocycles. The number of ether oxygens (including phenoxy) is 1. The van der Waals surface area contributed by atoms with E-state index in [4.69, 9.17) is 16.3 Å². The third-order valence-electron chi connectivity index (χ3n) is 5.78. The van der Waals surface area contributed by atoms with Gasteiger partial charge in [-0.05, 0) is 37.7 Å². The van der Waals surface area contributed by atoms with Gasteiger partial charge in [0.25, 0.3) is 0 Å².